The van der Waals surface area contributed by atoms with Gasteiger partial charge in [0.05, 0.1) is 0 Å². The summed E-state index contributed by atoms with van der Waals surface area (Å²) in [5.74, 6) is -0.549. The smallest absolute Gasteiger partial charge is 0.322 e. The monoisotopic (exact) mass is 247 g/mol. The molecule has 0 spiro atoms. The summed E-state index contributed by atoms with van der Waals surface area (Å²) in [6.45, 7) is 0. The van der Waals surface area contributed by atoms with Crippen molar-refractivity contribution in [2.24, 2.45) is 0 Å². The van der Waals surface area contributed by atoms with E-state index < -0.39 is 12.0 Å². The molecule has 0 aromatic rings. The van der Waals surface area contributed by atoms with Gasteiger partial charge in [0, 0.05) is 28.6 Å². The van der Waals surface area contributed by atoms with Crippen molar-refractivity contribution in [3.63, 3.8) is 0 Å². The highest BCUT2D eigenvalue weighted by atomic mass is 127. The summed E-state index contributed by atoms with van der Waals surface area (Å²) in [6, 6.07) is -0.529. The molecule has 0 aromatic carbocycles. The molecule has 0 heterocycles. The number of halogens is 1. The summed E-state index contributed by atoms with van der Waals surface area (Å²) >= 11 is 5.57. The first kappa shape index (κ1) is 8.51. The van der Waals surface area contributed by atoms with E-state index in [9.17, 15) is 4.79 Å². The Kier molecular flexibility index (Phi) is 4.68. The van der Waals surface area contributed by atoms with Gasteiger partial charge in [-0.15, -0.1) is 0 Å². The Morgan fingerprint density at radius 1 is 2.00 bits per heavy atom. The van der Waals surface area contributed by atoms with Crippen LogP contribution in [0.2, 0.25) is 0 Å². The predicted octanol–water partition coefficient (Wildman–Crippen LogP) is 0.309. The lowest BCUT2D eigenvalue weighted by Gasteiger charge is -2.02. The van der Waals surface area contributed by atoms with Crippen LogP contribution in [-0.2, 0) is 4.79 Å². The molecule has 0 fully saturated rings. The highest BCUT2D eigenvalue weighted by Crippen LogP contribution is 1.89. The maximum atomic E-state index is 10.0. The number of hydrogen-bond donors (Lipinski definition) is 3. The van der Waals surface area contributed by atoms with Crippen LogP contribution >= 0.6 is 35.5 Å². The van der Waals surface area contributed by atoms with Crippen LogP contribution < -0.4 is 3.53 Å². The second-order valence-corrected chi connectivity index (χ2v) is 2.17. The fourth-order valence-electron chi connectivity index (χ4n) is 0.159. The second-order valence-electron chi connectivity index (χ2n) is 1.18. The van der Waals surface area contributed by atoms with Gasteiger partial charge in [0.1, 0.15) is 6.04 Å². The maximum Gasteiger partial charge on any atom is 0.322 e. The molecule has 0 radical (unpaired) electrons. The molecule has 0 unspecified atom stereocenters. The van der Waals surface area contributed by atoms with Crippen LogP contribution in [0.25, 0.3) is 0 Å². The van der Waals surface area contributed by atoms with Crippen LogP contribution in [0, 0.1) is 0 Å². The van der Waals surface area contributed by atoms with E-state index in [-0.39, 0.29) is 0 Å². The molecule has 0 aromatic heterocycles. The molecule has 0 aliphatic heterocycles. The highest BCUT2D eigenvalue weighted by molar-refractivity contribution is 14.1. The lowest BCUT2D eigenvalue weighted by Crippen LogP contribution is -2.31. The van der Waals surface area contributed by atoms with Crippen molar-refractivity contribution < 1.29 is 9.90 Å². The van der Waals surface area contributed by atoms with Crippen molar-refractivity contribution >= 4 is 41.5 Å². The lowest BCUT2D eigenvalue weighted by atomic mass is 10.4. The quantitative estimate of drug-likeness (QED) is 0.382. The molecule has 3 nitrogen and oxygen atoms in total. The first-order valence-electron chi connectivity index (χ1n) is 1.92. The Morgan fingerprint density at radius 3 is 2.50 bits per heavy atom. The van der Waals surface area contributed by atoms with E-state index in [1.165, 1.54) is 0 Å². The SMILES string of the molecule is O=C(O)[C@H](CS)NI. The first-order chi connectivity index (χ1) is 3.72. The van der Waals surface area contributed by atoms with Gasteiger partial charge in [-0.25, -0.2) is 3.53 Å². The highest BCUT2D eigenvalue weighted by Gasteiger charge is 2.11. The van der Waals surface area contributed by atoms with Crippen LogP contribution in [0.1, 0.15) is 0 Å². The summed E-state index contributed by atoms with van der Waals surface area (Å²) in [5.41, 5.74) is 0. The third-order valence-electron chi connectivity index (χ3n) is 0.612. The minimum Gasteiger partial charge on any atom is -0.480 e. The fourth-order valence-corrected chi connectivity index (χ4v) is 1.24. The summed E-state index contributed by atoms with van der Waals surface area (Å²) in [4.78, 5) is 10.0. The van der Waals surface area contributed by atoms with Gasteiger partial charge in [-0.2, -0.15) is 12.6 Å². The third-order valence-corrected chi connectivity index (χ3v) is 1.73. The van der Waals surface area contributed by atoms with E-state index in [4.69, 9.17) is 5.11 Å². The number of rotatable bonds is 3. The van der Waals surface area contributed by atoms with Crippen molar-refractivity contribution in [2.75, 3.05) is 5.75 Å². The maximum absolute atomic E-state index is 10.0. The molecule has 0 aliphatic carbocycles. The number of carboxylic acid groups (broad SMARTS) is 1. The molecule has 5 heteroatoms. The Hall–Kier alpha value is 0.510. The van der Waals surface area contributed by atoms with E-state index >= 15 is 0 Å². The van der Waals surface area contributed by atoms with Gasteiger partial charge in [-0.3, -0.25) is 4.79 Å². The summed E-state index contributed by atoms with van der Waals surface area (Å²) in [7, 11) is 0. The van der Waals surface area contributed by atoms with E-state index in [0.29, 0.717) is 5.75 Å². The van der Waals surface area contributed by atoms with Crippen LogP contribution in [0.4, 0.5) is 0 Å². The van der Waals surface area contributed by atoms with Crippen molar-refractivity contribution in [3.8, 4) is 0 Å². The molecule has 0 bridgehead atoms. The Labute approximate surface area is 66.7 Å². The largest absolute Gasteiger partial charge is 0.480 e. The van der Waals surface area contributed by atoms with E-state index in [1.807, 2.05) is 0 Å². The molecule has 0 aliphatic rings. The lowest BCUT2D eigenvalue weighted by molar-refractivity contribution is -0.138. The Bertz CT molecular complexity index is 85.4. The summed E-state index contributed by atoms with van der Waals surface area (Å²) in [5, 5.41) is 8.26. The summed E-state index contributed by atoms with van der Waals surface area (Å²) in [6.07, 6.45) is 0. The average molecular weight is 247 g/mol. The fraction of sp³-hybridized carbons (Fsp3) is 0.667. The number of carboxylic acids is 1. The standard InChI is InChI=1S/C3H6INO2S/c4-5-2(1-8)3(6)7/h2,5,8H,1H2,(H,6,7)/t2-/m0/s1. The molecule has 0 saturated carbocycles. The molecular formula is C3H6INO2S. The zero-order valence-electron chi connectivity index (χ0n) is 3.97. The molecule has 0 rings (SSSR count). The molecule has 2 N–H and O–H groups in total. The van der Waals surface area contributed by atoms with Gasteiger partial charge in [0.2, 0.25) is 0 Å². The van der Waals surface area contributed by atoms with E-state index in [1.54, 1.807) is 22.9 Å². The summed E-state index contributed by atoms with van der Waals surface area (Å²) < 4.78 is 2.55. The van der Waals surface area contributed by atoms with Gasteiger partial charge >= 0.3 is 5.97 Å². The van der Waals surface area contributed by atoms with Crippen molar-refractivity contribution in [3.05, 3.63) is 0 Å². The second kappa shape index (κ2) is 4.39. The van der Waals surface area contributed by atoms with Crippen molar-refractivity contribution in [1.82, 2.24) is 3.53 Å². The van der Waals surface area contributed by atoms with Crippen molar-refractivity contribution in [1.29, 1.82) is 0 Å². The number of hydrogen-bond acceptors (Lipinski definition) is 3. The van der Waals surface area contributed by atoms with Crippen LogP contribution in [-0.4, -0.2) is 22.9 Å². The Morgan fingerprint density at radius 2 is 2.50 bits per heavy atom. The zero-order valence-corrected chi connectivity index (χ0v) is 7.02. The third kappa shape index (κ3) is 2.73. The predicted molar refractivity (Wildman–Crippen MR) is 42.4 cm³/mol. The zero-order chi connectivity index (χ0) is 6.57. The molecule has 1 atom stereocenters. The van der Waals surface area contributed by atoms with Gasteiger partial charge in [0.15, 0.2) is 0 Å². The molecule has 0 amide bonds. The minimum atomic E-state index is -0.866. The van der Waals surface area contributed by atoms with Crippen LogP contribution in [0.5, 0.6) is 0 Å². The number of thiol groups is 1. The Balaban J connectivity index is 3.52. The van der Waals surface area contributed by atoms with Crippen LogP contribution in [0.15, 0.2) is 0 Å². The molecular weight excluding hydrogens is 241 g/mol. The molecule has 48 valence electrons. The topological polar surface area (TPSA) is 49.3 Å². The number of nitrogens with one attached hydrogen (secondary N) is 1. The number of aliphatic carboxylic acids is 1. The number of carbonyl (C=O) groups is 1. The molecule has 8 heavy (non-hydrogen) atoms. The van der Waals surface area contributed by atoms with Gasteiger partial charge in [-0.05, 0) is 0 Å². The van der Waals surface area contributed by atoms with E-state index in [0.717, 1.165) is 0 Å². The van der Waals surface area contributed by atoms with Gasteiger partial charge in [-0.1, -0.05) is 0 Å². The minimum absolute atomic E-state index is 0.318. The van der Waals surface area contributed by atoms with Gasteiger partial charge < -0.3 is 5.11 Å². The molecule has 0 saturated heterocycles. The average Bonchev–Trinajstić information content (AvgIpc) is 1.69. The normalized spacial score (nSPS) is 13.2. The van der Waals surface area contributed by atoms with Crippen molar-refractivity contribution in [2.45, 2.75) is 6.04 Å². The van der Waals surface area contributed by atoms with Crippen LogP contribution in [0.3, 0.4) is 0 Å². The van der Waals surface area contributed by atoms with E-state index in [2.05, 4.69) is 16.2 Å². The first-order valence-corrected chi connectivity index (χ1v) is 3.63. The van der Waals surface area contributed by atoms with Gasteiger partial charge in [0.25, 0.3) is 0 Å².